The Morgan fingerprint density at radius 3 is 2.72 bits per heavy atom. The van der Waals surface area contributed by atoms with Gasteiger partial charge in [-0.3, -0.25) is 9.80 Å². The van der Waals surface area contributed by atoms with Crippen LogP contribution in [0.3, 0.4) is 0 Å². The summed E-state index contributed by atoms with van der Waals surface area (Å²) in [5, 5.41) is 15.6. The number of hydrogen-bond donors (Lipinski definition) is 1. The first-order valence-corrected chi connectivity index (χ1v) is 13.8. The van der Waals surface area contributed by atoms with Gasteiger partial charge in [0.25, 0.3) is 10.0 Å². The second-order valence-corrected chi connectivity index (χ2v) is 11.3. The lowest BCUT2D eigenvalue weighted by Crippen LogP contribution is -2.60. The number of carbonyl (C=O) groups excluding carboxylic acids is 2. The van der Waals surface area contributed by atoms with E-state index < -0.39 is 34.5 Å². The van der Waals surface area contributed by atoms with Crippen LogP contribution in [0, 0.1) is 11.3 Å². The van der Waals surface area contributed by atoms with Gasteiger partial charge < -0.3 is 14.6 Å². The smallest absolute Gasteiger partial charge is 0.329 e. The third-order valence-electron chi connectivity index (χ3n) is 6.32. The van der Waals surface area contributed by atoms with Crippen LogP contribution < -0.4 is 0 Å². The Labute approximate surface area is 231 Å². The molecule has 0 bridgehead atoms. The van der Waals surface area contributed by atoms with Gasteiger partial charge in [-0.2, -0.15) is 14.7 Å². The largest absolute Gasteiger partial charge is 0.467 e. The number of rotatable bonds is 9. The minimum absolute atomic E-state index is 0.0941. The van der Waals surface area contributed by atoms with Crippen LogP contribution >= 0.6 is 11.6 Å². The first kappa shape index (κ1) is 28.1. The van der Waals surface area contributed by atoms with Gasteiger partial charge in [-0.15, -0.1) is 0 Å². The lowest BCUT2D eigenvalue weighted by Gasteiger charge is -2.38. The fourth-order valence-electron chi connectivity index (χ4n) is 4.19. The molecule has 1 saturated heterocycles. The quantitative estimate of drug-likeness (QED) is 0.237. The molecule has 39 heavy (non-hydrogen) atoms. The van der Waals surface area contributed by atoms with E-state index >= 15 is 0 Å². The van der Waals surface area contributed by atoms with E-state index in [-0.39, 0.29) is 18.1 Å². The summed E-state index contributed by atoms with van der Waals surface area (Å²) in [6.45, 7) is -0.0718. The van der Waals surface area contributed by atoms with Gasteiger partial charge in [0.2, 0.25) is 5.91 Å². The maximum absolute atomic E-state index is 13.4. The van der Waals surface area contributed by atoms with E-state index in [1.165, 1.54) is 18.1 Å². The predicted molar refractivity (Wildman–Crippen MR) is 145 cm³/mol. The monoisotopic (exact) mass is 570 g/mol. The third kappa shape index (κ3) is 6.39. The molecule has 1 fully saturated rings. The molecule has 3 aromatic rings. The summed E-state index contributed by atoms with van der Waals surface area (Å²) in [6.07, 6.45) is 2.03. The van der Waals surface area contributed by atoms with Crippen molar-refractivity contribution in [1.82, 2.24) is 19.2 Å². The fraction of sp³-hybridized carbons (Fsp3) is 0.308. The van der Waals surface area contributed by atoms with E-state index in [0.717, 1.165) is 15.4 Å². The van der Waals surface area contributed by atoms with Crippen LogP contribution in [0.1, 0.15) is 17.5 Å². The number of amides is 1. The number of methoxy groups -OCH3 is 1. The Morgan fingerprint density at radius 1 is 1.28 bits per heavy atom. The van der Waals surface area contributed by atoms with E-state index in [4.69, 9.17) is 21.6 Å². The second kappa shape index (κ2) is 11.9. The van der Waals surface area contributed by atoms with Gasteiger partial charge in [0.05, 0.1) is 32.4 Å². The van der Waals surface area contributed by atoms with Crippen molar-refractivity contribution in [2.24, 2.45) is 5.10 Å². The van der Waals surface area contributed by atoms with Crippen molar-refractivity contribution in [3.05, 3.63) is 64.7 Å². The predicted octanol–water partition coefficient (Wildman–Crippen LogP) is 2.58. The molecular formula is C26H27ClN6O5S. The van der Waals surface area contributed by atoms with Gasteiger partial charge in [-0.1, -0.05) is 35.9 Å². The number of aromatic amines is 1. The van der Waals surface area contributed by atoms with Crippen LogP contribution in [0.4, 0.5) is 0 Å². The molecule has 1 amide bonds. The van der Waals surface area contributed by atoms with Crippen LogP contribution in [-0.4, -0.2) is 85.5 Å². The number of ether oxygens (including phenoxy) is 1. The molecule has 1 aromatic heterocycles. The van der Waals surface area contributed by atoms with Crippen LogP contribution in [0.15, 0.2) is 58.7 Å². The van der Waals surface area contributed by atoms with Gasteiger partial charge in [-0.25, -0.2) is 13.2 Å². The highest BCUT2D eigenvalue weighted by atomic mass is 35.5. The van der Waals surface area contributed by atoms with Crippen molar-refractivity contribution >= 4 is 50.6 Å². The Bertz CT molecular complexity index is 1550. The molecule has 1 N–H and O–H groups in total. The van der Waals surface area contributed by atoms with Crippen LogP contribution in [0.25, 0.3) is 10.9 Å². The van der Waals surface area contributed by atoms with Crippen molar-refractivity contribution in [3.63, 3.8) is 0 Å². The molecule has 0 saturated carbocycles. The molecule has 4 rings (SSSR count). The van der Waals surface area contributed by atoms with E-state index in [2.05, 4.69) is 16.2 Å². The van der Waals surface area contributed by atoms with Gasteiger partial charge >= 0.3 is 5.97 Å². The minimum Gasteiger partial charge on any atom is -0.467 e. The number of H-pyrrole nitrogens is 1. The zero-order valence-electron chi connectivity index (χ0n) is 21.4. The number of halogens is 1. The third-order valence-corrected chi connectivity index (χ3v) is 8.29. The normalized spacial score (nSPS) is 16.5. The Hall–Kier alpha value is -3.92. The standard InChI is InChI=1S/C26H27ClN6O5S/c1-31(11-3-10-28)29-14-18-4-6-19(7-5-18)15-33-23(26(35)38-2)16-32(17-25(33)34)39(36,37)24-13-20-12-21(27)8-9-22(20)30-24/h4-9,12-14,23,30H,3,11,15-17H2,1-2H3/t23-/m1/s1. The molecule has 1 aliphatic heterocycles. The molecule has 0 spiro atoms. The maximum atomic E-state index is 13.4. The minimum atomic E-state index is -4.12. The Morgan fingerprint density at radius 2 is 2.03 bits per heavy atom. The highest BCUT2D eigenvalue weighted by Crippen LogP contribution is 2.27. The zero-order chi connectivity index (χ0) is 28.2. The number of nitrogens with zero attached hydrogens (tertiary/aromatic N) is 5. The van der Waals surface area contributed by atoms with Gasteiger partial charge in [0.15, 0.2) is 0 Å². The molecule has 2 heterocycles. The summed E-state index contributed by atoms with van der Waals surface area (Å²) in [5.74, 6) is -1.24. The zero-order valence-corrected chi connectivity index (χ0v) is 22.9. The molecular weight excluding hydrogens is 544 g/mol. The Balaban J connectivity index is 1.51. The van der Waals surface area contributed by atoms with Gasteiger partial charge in [0.1, 0.15) is 11.1 Å². The maximum Gasteiger partial charge on any atom is 0.329 e. The number of nitriles is 1. The molecule has 0 aliphatic carbocycles. The molecule has 2 aromatic carbocycles. The first-order chi connectivity index (χ1) is 18.6. The number of hydrogen-bond acceptors (Lipinski definition) is 8. The summed E-state index contributed by atoms with van der Waals surface area (Å²) in [7, 11) is -1.15. The summed E-state index contributed by atoms with van der Waals surface area (Å²) in [4.78, 5) is 30.1. The van der Waals surface area contributed by atoms with E-state index in [1.807, 2.05) is 12.1 Å². The van der Waals surface area contributed by atoms with Crippen molar-refractivity contribution < 1.29 is 22.7 Å². The highest BCUT2D eigenvalue weighted by molar-refractivity contribution is 7.89. The van der Waals surface area contributed by atoms with Crippen molar-refractivity contribution in [2.45, 2.75) is 24.0 Å². The number of esters is 1. The number of hydrazone groups is 1. The molecule has 11 nitrogen and oxygen atoms in total. The van der Waals surface area contributed by atoms with E-state index in [0.29, 0.717) is 28.9 Å². The fourth-order valence-corrected chi connectivity index (χ4v) is 5.78. The summed E-state index contributed by atoms with van der Waals surface area (Å²) in [6, 6.07) is 14.6. The summed E-state index contributed by atoms with van der Waals surface area (Å²) in [5.41, 5.74) is 2.14. The van der Waals surface area contributed by atoms with Gasteiger partial charge in [-0.05, 0) is 35.4 Å². The second-order valence-electron chi connectivity index (χ2n) is 9.00. The number of fused-ring (bicyclic) bond motifs is 1. The highest BCUT2D eigenvalue weighted by Gasteiger charge is 2.42. The number of piperazine rings is 1. The lowest BCUT2D eigenvalue weighted by molar-refractivity contribution is -0.157. The van der Waals surface area contributed by atoms with Crippen LogP contribution in [0.5, 0.6) is 0 Å². The summed E-state index contributed by atoms with van der Waals surface area (Å²) < 4.78 is 32.7. The number of sulfonamides is 1. The van der Waals surface area contributed by atoms with E-state index in [1.54, 1.807) is 48.6 Å². The lowest BCUT2D eigenvalue weighted by atomic mass is 10.1. The van der Waals surface area contributed by atoms with Crippen molar-refractivity contribution in [1.29, 1.82) is 5.26 Å². The molecule has 0 radical (unpaired) electrons. The first-order valence-electron chi connectivity index (χ1n) is 12.0. The van der Waals surface area contributed by atoms with Gasteiger partial charge in [0, 0.05) is 42.6 Å². The average molecular weight is 571 g/mol. The number of benzene rings is 2. The topological polar surface area (TPSA) is 139 Å². The Kier molecular flexibility index (Phi) is 8.54. The van der Waals surface area contributed by atoms with Crippen LogP contribution in [0.2, 0.25) is 5.02 Å². The SMILES string of the molecule is COC(=O)[C@H]1CN(S(=O)(=O)c2cc3cc(Cl)ccc3[nH]2)CC(=O)N1Cc1ccc(C=NN(C)CCC#N)cc1. The van der Waals surface area contributed by atoms with E-state index in [9.17, 15) is 18.0 Å². The number of aromatic nitrogens is 1. The average Bonchev–Trinajstić information content (AvgIpc) is 3.36. The molecule has 1 atom stereocenters. The molecule has 0 unspecified atom stereocenters. The van der Waals surface area contributed by atoms with Crippen molar-refractivity contribution in [2.75, 3.05) is 33.8 Å². The summed E-state index contributed by atoms with van der Waals surface area (Å²) >= 11 is 6.02. The number of carbonyl (C=O) groups is 2. The molecule has 204 valence electrons. The number of nitrogens with one attached hydrogen (secondary N) is 1. The molecule has 1 aliphatic rings. The van der Waals surface area contributed by atoms with Crippen LogP contribution in [-0.2, 0) is 30.9 Å². The molecule has 13 heteroatoms. The van der Waals surface area contributed by atoms with Crippen molar-refractivity contribution in [3.8, 4) is 6.07 Å².